The number of halogens is 2. The third kappa shape index (κ3) is 2.71. The molecule has 3 rings (SSSR count). The van der Waals surface area contributed by atoms with Gasteiger partial charge in [-0.1, -0.05) is 12.8 Å². The zero-order valence-electron chi connectivity index (χ0n) is 13.1. The second-order valence-electron chi connectivity index (χ2n) is 6.55. The molecule has 1 N–H and O–H groups in total. The minimum absolute atomic E-state index is 0.0486. The highest BCUT2D eigenvalue weighted by Gasteiger charge is 2.52. The number of carbonyl (C=O) groups is 2. The molecule has 1 spiro atoms. The van der Waals surface area contributed by atoms with Crippen LogP contribution in [-0.4, -0.2) is 36.9 Å². The summed E-state index contributed by atoms with van der Waals surface area (Å²) in [6, 6.07) is 3.17. The number of hydrogen-bond donors (Lipinski definition) is 1. The van der Waals surface area contributed by atoms with Gasteiger partial charge in [0.15, 0.2) is 11.6 Å². The Bertz CT molecular complexity index is 641. The normalized spacial score (nSPS) is 22.6. The maximum atomic E-state index is 13.4. The second kappa shape index (κ2) is 5.91. The molecule has 2 aliphatic rings. The Labute approximate surface area is 133 Å². The Kier molecular flexibility index (Phi) is 4.08. The van der Waals surface area contributed by atoms with E-state index < -0.39 is 11.6 Å². The number of benzene rings is 1. The summed E-state index contributed by atoms with van der Waals surface area (Å²) >= 11 is 0. The molecule has 1 saturated heterocycles. The van der Waals surface area contributed by atoms with Gasteiger partial charge in [-0.2, -0.15) is 0 Å². The van der Waals surface area contributed by atoms with E-state index in [0.29, 0.717) is 13.1 Å². The lowest BCUT2D eigenvalue weighted by molar-refractivity contribution is -0.127. The van der Waals surface area contributed by atoms with E-state index in [1.165, 1.54) is 6.07 Å². The van der Waals surface area contributed by atoms with Crippen LogP contribution in [0.15, 0.2) is 18.2 Å². The van der Waals surface area contributed by atoms with Crippen LogP contribution in [-0.2, 0) is 4.79 Å². The van der Waals surface area contributed by atoms with Crippen LogP contribution in [0.3, 0.4) is 0 Å². The number of hydrogen-bond acceptors (Lipinski definition) is 2. The summed E-state index contributed by atoms with van der Waals surface area (Å²) in [7, 11) is 1.60. The van der Waals surface area contributed by atoms with Gasteiger partial charge in [0, 0.05) is 31.1 Å². The molecule has 1 heterocycles. The van der Waals surface area contributed by atoms with Crippen molar-refractivity contribution in [3.8, 4) is 0 Å². The van der Waals surface area contributed by atoms with Gasteiger partial charge in [-0.15, -0.1) is 0 Å². The number of nitrogens with one attached hydrogen (secondary N) is 1. The Morgan fingerprint density at radius 3 is 2.52 bits per heavy atom. The van der Waals surface area contributed by atoms with Gasteiger partial charge in [0.1, 0.15) is 0 Å². The van der Waals surface area contributed by atoms with Crippen LogP contribution >= 0.6 is 0 Å². The maximum Gasteiger partial charge on any atom is 0.254 e. The molecular formula is C17H20F2N2O2. The fourth-order valence-electron chi connectivity index (χ4n) is 4.06. The van der Waals surface area contributed by atoms with E-state index in [4.69, 9.17) is 0 Å². The Morgan fingerprint density at radius 1 is 1.22 bits per heavy atom. The van der Waals surface area contributed by atoms with Crippen molar-refractivity contribution in [1.29, 1.82) is 0 Å². The second-order valence-corrected chi connectivity index (χ2v) is 6.55. The maximum absolute atomic E-state index is 13.4. The monoisotopic (exact) mass is 322 g/mol. The molecule has 1 aromatic carbocycles. The fraction of sp³-hybridized carbons (Fsp3) is 0.529. The van der Waals surface area contributed by atoms with Gasteiger partial charge in [0.25, 0.3) is 5.91 Å². The number of likely N-dealkylation sites (tertiary alicyclic amines) is 1. The molecule has 1 aromatic rings. The Balaban J connectivity index is 1.85. The number of carbonyl (C=O) groups excluding carboxylic acids is 2. The van der Waals surface area contributed by atoms with Crippen molar-refractivity contribution in [2.75, 3.05) is 20.1 Å². The molecule has 1 aliphatic carbocycles. The van der Waals surface area contributed by atoms with E-state index in [2.05, 4.69) is 5.32 Å². The van der Waals surface area contributed by atoms with Crippen molar-refractivity contribution < 1.29 is 18.4 Å². The first-order valence-electron chi connectivity index (χ1n) is 7.93. The number of nitrogens with zero attached hydrogens (tertiary/aromatic N) is 1. The predicted molar refractivity (Wildman–Crippen MR) is 80.7 cm³/mol. The van der Waals surface area contributed by atoms with Gasteiger partial charge in [0.2, 0.25) is 5.91 Å². The number of amides is 2. The van der Waals surface area contributed by atoms with Crippen LogP contribution in [0.25, 0.3) is 0 Å². The van der Waals surface area contributed by atoms with E-state index in [9.17, 15) is 18.4 Å². The van der Waals surface area contributed by atoms with Gasteiger partial charge >= 0.3 is 0 Å². The molecule has 6 heteroatoms. The van der Waals surface area contributed by atoms with Crippen LogP contribution in [0.2, 0.25) is 0 Å². The molecule has 4 nitrogen and oxygen atoms in total. The van der Waals surface area contributed by atoms with Crippen molar-refractivity contribution in [3.05, 3.63) is 35.4 Å². The van der Waals surface area contributed by atoms with Crippen molar-refractivity contribution in [1.82, 2.24) is 10.2 Å². The molecule has 1 aliphatic heterocycles. The standard InChI is InChI=1S/C17H20F2N2O2/c1-20-15(22)12-9-21(10-17(12)6-2-3-7-17)16(23)11-4-5-13(18)14(19)8-11/h4-5,8,12H,2-3,6-7,9-10H2,1H3,(H,20,22). The van der Waals surface area contributed by atoms with Gasteiger partial charge < -0.3 is 10.2 Å². The minimum atomic E-state index is -1.03. The van der Waals surface area contributed by atoms with Crippen molar-refractivity contribution in [2.45, 2.75) is 25.7 Å². The molecule has 2 amide bonds. The number of rotatable bonds is 2. The summed E-state index contributed by atoms with van der Waals surface area (Å²) < 4.78 is 26.4. The Hall–Kier alpha value is -1.98. The summed E-state index contributed by atoms with van der Waals surface area (Å²) in [5.41, 5.74) is -0.0523. The van der Waals surface area contributed by atoms with Crippen LogP contribution in [0, 0.1) is 23.0 Å². The molecule has 1 saturated carbocycles. The quantitative estimate of drug-likeness (QED) is 0.908. The van der Waals surface area contributed by atoms with Gasteiger partial charge in [-0.05, 0) is 31.0 Å². The van der Waals surface area contributed by atoms with E-state index in [-0.39, 0.29) is 28.7 Å². The largest absolute Gasteiger partial charge is 0.359 e. The zero-order valence-corrected chi connectivity index (χ0v) is 13.1. The third-order valence-electron chi connectivity index (χ3n) is 5.26. The molecule has 0 radical (unpaired) electrons. The van der Waals surface area contributed by atoms with Crippen molar-refractivity contribution in [2.24, 2.45) is 11.3 Å². The highest BCUT2D eigenvalue weighted by molar-refractivity contribution is 5.95. The van der Waals surface area contributed by atoms with E-state index in [0.717, 1.165) is 37.8 Å². The highest BCUT2D eigenvalue weighted by atomic mass is 19.2. The van der Waals surface area contributed by atoms with Crippen LogP contribution in [0.4, 0.5) is 8.78 Å². The zero-order chi connectivity index (χ0) is 16.6. The van der Waals surface area contributed by atoms with Gasteiger partial charge in [-0.25, -0.2) is 8.78 Å². The molecule has 2 fully saturated rings. The minimum Gasteiger partial charge on any atom is -0.359 e. The first-order chi connectivity index (χ1) is 11.0. The average Bonchev–Trinajstić information content (AvgIpc) is 3.17. The summed E-state index contributed by atoms with van der Waals surface area (Å²) in [4.78, 5) is 26.4. The third-order valence-corrected chi connectivity index (χ3v) is 5.26. The summed E-state index contributed by atoms with van der Waals surface area (Å²) in [6.07, 6.45) is 3.96. The first kappa shape index (κ1) is 15.9. The summed E-state index contributed by atoms with van der Waals surface area (Å²) in [5, 5.41) is 2.69. The molecule has 1 unspecified atom stereocenters. The van der Waals surface area contributed by atoms with Crippen molar-refractivity contribution in [3.63, 3.8) is 0 Å². The van der Waals surface area contributed by atoms with E-state index in [1.54, 1.807) is 11.9 Å². The lowest BCUT2D eigenvalue weighted by Gasteiger charge is -2.28. The van der Waals surface area contributed by atoms with E-state index in [1.807, 2.05) is 0 Å². The first-order valence-corrected chi connectivity index (χ1v) is 7.93. The smallest absolute Gasteiger partial charge is 0.254 e. The average molecular weight is 322 g/mol. The topological polar surface area (TPSA) is 49.4 Å². The summed E-state index contributed by atoms with van der Waals surface area (Å²) in [6.45, 7) is 0.834. The highest BCUT2D eigenvalue weighted by Crippen LogP contribution is 2.49. The predicted octanol–water partition coefficient (Wildman–Crippen LogP) is 2.34. The Morgan fingerprint density at radius 2 is 1.91 bits per heavy atom. The SMILES string of the molecule is CNC(=O)C1CN(C(=O)c2ccc(F)c(F)c2)CC12CCCC2. The summed E-state index contributed by atoms with van der Waals surface area (Å²) in [5.74, 6) is -2.63. The molecule has 124 valence electrons. The molecule has 0 aromatic heterocycles. The van der Waals surface area contributed by atoms with Crippen molar-refractivity contribution >= 4 is 11.8 Å². The van der Waals surface area contributed by atoms with E-state index >= 15 is 0 Å². The fourth-order valence-corrected chi connectivity index (χ4v) is 4.06. The molecule has 1 atom stereocenters. The van der Waals surface area contributed by atoms with Gasteiger partial charge in [-0.3, -0.25) is 9.59 Å². The molecule has 0 bridgehead atoms. The van der Waals surface area contributed by atoms with Crippen LogP contribution in [0.1, 0.15) is 36.0 Å². The lowest BCUT2D eigenvalue weighted by atomic mass is 9.76. The lowest BCUT2D eigenvalue weighted by Crippen LogP contribution is -2.38. The van der Waals surface area contributed by atoms with Crippen LogP contribution < -0.4 is 5.32 Å². The molecule has 23 heavy (non-hydrogen) atoms. The van der Waals surface area contributed by atoms with Crippen LogP contribution in [0.5, 0.6) is 0 Å². The molecular weight excluding hydrogens is 302 g/mol. The van der Waals surface area contributed by atoms with Gasteiger partial charge in [0.05, 0.1) is 5.92 Å².